The molecule has 1 unspecified atom stereocenters. The van der Waals surface area contributed by atoms with E-state index in [9.17, 15) is 9.59 Å². The van der Waals surface area contributed by atoms with Gasteiger partial charge in [-0.15, -0.1) is 0 Å². The van der Waals surface area contributed by atoms with Gasteiger partial charge in [-0.3, -0.25) is 14.9 Å². The van der Waals surface area contributed by atoms with Crippen LogP contribution in [0, 0.1) is 5.41 Å². The Morgan fingerprint density at radius 2 is 2.15 bits per heavy atom. The molecular formula is C10H13NO2. The first-order valence-electron chi connectivity index (χ1n) is 4.69. The third-order valence-corrected chi connectivity index (χ3v) is 3.12. The van der Waals surface area contributed by atoms with Crippen LogP contribution in [0.25, 0.3) is 0 Å². The quantitative estimate of drug-likeness (QED) is 0.567. The number of rotatable bonds is 0. The van der Waals surface area contributed by atoms with Crippen LogP contribution in [-0.4, -0.2) is 11.8 Å². The molecule has 70 valence electrons. The zero-order valence-corrected chi connectivity index (χ0v) is 7.72. The number of carbonyl (C=O) groups is 2. The SMILES string of the molecule is CC12CCCCC1=CC(=O)NC2=O. The molecule has 0 radical (unpaired) electrons. The molecule has 0 saturated heterocycles. The molecule has 1 saturated carbocycles. The van der Waals surface area contributed by atoms with Crippen molar-refractivity contribution >= 4 is 11.8 Å². The highest BCUT2D eigenvalue weighted by Gasteiger charge is 2.42. The molecule has 1 heterocycles. The van der Waals surface area contributed by atoms with Crippen LogP contribution in [0.15, 0.2) is 11.6 Å². The lowest BCUT2D eigenvalue weighted by Crippen LogP contribution is -2.47. The summed E-state index contributed by atoms with van der Waals surface area (Å²) in [5.41, 5.74) is 0.624. The topological polar surface area (TPSA) is 46.2 Å². The zero-order chi connectivity index (χ0) is 9.47. The van der Waals surface area contributed by atoms with E-state index < -0.39 is 5.41 Å². The molecular weight excluding hydrogens is 166 g/mol. The molecule has 1 fully saturated rings. The fraction of sp³-hybridized carbons (Fsp3) is 0.600. The number of carbonyl (C=O) groups excluding carboxylic acids is 2. The third-order valence-electron chi connectivity index (χ3n) is 3.12. The van der Waals surface area contributed by atoms with Crippen LogP contribution in [0.4, 0.5) is 0 Å². The van der Waals surface area contributed by atoms with Gasteiger partial charge in [0.05, 0.1) is 5.41 Å². The van der Waals surface area contributed by atoms with Gasteiger partial charge in [0, 0.05) is 6.08 Å². The van der Waals surface area contributed by atoms with Crippen LogP contribution in [-0.2, 0) is 9.59 Å². The fourth-order valence-corrected chi connectivity index (χ4v) is 2.17. The molecule has 0 aromatic heterocycles. The van der Waals surface area contributed by atoms with Gasteiger partial charge in [-0.2, -0.15) is 0 Å². The van der Waals surface area contributed by atoms with Gasteiger partial charge in [0.15, 0.2) is 0 Å². The summed E-state index contributed by atoms with van der Waals surface area (Å²) in [5, 5.41) is 2.36. The van der Waals surface area contributed by atoms with E-state index in [4.69, 9.17) is 0 Å². The lowest BCUT2D eigenvalue weighted by molar-refractivity contribution is -0.135. The molecule has 2 aliphatic rings. The summed E-state index contributed by atoms with van der Waals surface area (Å²) in [4.78, 5) is 22.7. The fourth-order valence-electron chi connectivity index (χ4n) is 2.17. The summed E-state index contributed by atoms with van der Waals surface area (Å²) >= 11 is 0. The van der Waals surface area contributed by atoms with Crippen LogP contribution in [0.2, 0.25) is 0 Å². The number of imide groups is 1. The highest BCUT2D eigenvalue weighted by molar-refractivity contribution is 6.07. The Kier molecular flexibility index (Phi) is 1.75. The summed E-state index contributed by atoms with van der Waals surface area (Å²) in [6.07, 6.45) is 5.55. The largest absolute Gasteiger partial charge is 0.292 e. The maximum atomic E-state index is 11.6. The predicted molar refractivity (Wildman–Crippen MR) is 47.8 cm³/mol. The van der Waals surface area contributed by atoms with Crippen molar-refractivity contribution in [3.63, 3.8) is 0 Å². The second-order valence-electron chi connectivity index (χ2n) is 4.03. The average molecular weight is 179 g/mol. The number of nitrogens with one attached hydrogen (secondary N) is 1. The van der Waals surface area contributed by atoms with Gasteiger partial charge < -0.3 is 0 Å². The van der Waals surface area contributed by atoms with Crippen LogP contribution < -0.4 is 5.32 Å². The minimum Gasteiger partial charge on any atom is -0.292 e. The van der Waals surface area contributed by atoms with E-state index >= 15 is 0 Å². The van der Waals surface area contributed by atoms with Crippen molar-refractivity contribution in [3.05, 3.63) is 11.6 Å². The Labute approximate surface area is 77.2 Å². The maximum Gasteiger partial charge on any atom is 0.250 e. The standard InChI is InChI=1S/C10H13NO2/c1-10-5-3-2-4-7(10)6-8(12)11-9(10)13/h6H,2-5H2,1H3,(H,11,12,13). The van der Waals surface area contributed by atoms with Crippen molar-refractivity contribution in [1.82, 2.24) is 5.32 Å². The van der Waals surface area contributed by atoms with Gasteiger partial charge in [0.2, 0.25) is 5.91 Å². The Bertz CT molecular complexity index is 306. The van der Waals surface area contributed by atoms with E-state index in [-0.39, 0.29) is 11.8 Å². The molecule has 1 aliphatic heterocycles. The molecule has 0 aromatic rings. The van der Waals surface area contributed by atoms with Crippen molar-refractivity contribution in [3.8, 4) is 0 Å². The van der Waals surface area contributed by atoms with Gasteiger partial charge in [-0.05, 0) is 31.8 Å². The van der Waals surface area contributed by atoms with E-state index in [1.165, 1.54) is 0 Å². The molecule has 1 aliphatic carbocycles. The monoisotopic (exact) mass is 179 g/mol. The Morgan fingerprint density at radius 3 is 2.92 bits per heavy atom. The predicted octanol–water partition coefficient (Wildman–Crippen LogP) is 1.15. The van der Waals surface area contributed by atoms with Gasteiger partial charge in [-0.1, -0.05) is 6.42 Å². The van der Waals surface area contributed by atoms with Crippen LogP contribution >= 0.6 is 0 Å². The normalized spacial score (nSPS) is 33.5. The Hall–Kier alpha value is -1.12. The molecule has 0 spiro atoms. The molecule has 3 heteroatoms. The molecule has 1 atom stereocenters. The first-order chi connectivity index (χ1) is 6.13. The average Bonchev–Trinajstić information content (AvgIpc) is 2.07. The molecule has 1 N–H and O–H groups in total. The van der Waals surface area contributed by atoms with E-state index in [1.807, 2.05) is 6.92 Å². The lowest BCUT2D eigenvalue weighted by atomic mass is 9.69. The summed E-state index contributed by atoms with van der Waals surface area (Å²) in [6.45, 7) is 1.93. The summed E-state index contributed by atoms with van der Waals surface area (Å²) in [6, 6.07) is 0. The van der Waals surface area contributed by atoms with Crippen molar-refractivity contribution in [2.24, 2.45) is 5.41 Å². The van der Waals surface area contributed by atoms with Gasteiger partial charge in [0.1, 0.15) is 0 Å². The van der Waals surface area contributed by atoms with E-state index in [2.05, 4.69) is 5.32 Å². The summed E-state index contributed by atoms with van der Waals surface area (Å²) in [5.74, 6) is -0.367. The van der Waals surface area contributed by atoms with Crippen molar-refractivity contribution in [1.29, 1.82) is 0 Å². The van der Waals surface area contributed by atoms with Crippen molar-refractivity contribution < 1.29 is 9.59 Å². The van der Waals surface area contributed by atoms with Crippen molar-refractivity contribution in [2.75, 3.05) is 0 Å². The minimum absolute atomic E-state index is 0.116. The smallest absolute Gasteiger partial charge is 0.250 e. The first-order valence-corrected chi connectivity index (χ1v) is 4.69. The highest BCUT2D eigenvalue weighted by Crippen LogP contribution is 2.41. The molecule has 13 heavy (non-hydrogen) atoms. The van der Waals surface area contributed by atoms with E-state index in [0.717, 1.165) is 31.3 Å². The second kappa shape index (κ2) is 2.69. The molecule has 3 nitrogen and oxygen atoms in total. The summed E-state index contributed by atoms with van der Waals surface area (Å²) < 4.78 is 0. The second-order valence-corrected chi connectivity index (χ2v) is 4.03. The number of hydrogen-bond donors (Lipinski definition) is 1. The van der Waals surface area contributed by atoms with E-state index in [0.29, 0.717) is 0 Å². The Morgan fingerprint density at radius 1 is 1.38 bits per heavy atom. The third kappa shape index (κ3) is 1.19. The van der Waals surface area contributed by atoms with Gasteiger partial charge >= 0.3 is 0 Å². The molecule has 2 amide bonds. The maximum absolute atomic E-state index is 11.6. The van der Waals surface area contributed by atoms with Crippen LogP contribution in [0.5, 0.6) is 0 Å². The first kappa shape index (κ1) is 8.48. The Balaban J connectivity index is 2.41. The van der Waals surface area contributed by atoms with Gasteiger partial charge in [-0.25, -0.2) is 0 Å². The zero-order valence-electron chi connectivity index (χ0n) is 7.72. The summed E-state index contributed by atoms with van der Waals surface area (Å²) in [7, 11) is 0. The van der Waals surface area contributed by atoms with Gasteiger partial charge in [0.25, 0.3) is 5.91 Å². The molecule has 2 rings (SSSR count). The number of fused-ring (bicyclic) bond motifs is 1. The molecule has 0 bridgehead atoms. The number of amides is 2. The van der Waals surface area contributed by atoms with Crippen molar-refractivity contribution in [2.45, 2.75) is 32.6 Å². The van der Waals surface area contributed by atoms with Crippen LogP contribution in [0.1, 0.15) is 32.6 Å². The number of hydrogen-bond acceptors (Lipinski definition) is 2. The van der Waals surface area contributed by atoms with E-state index in [1.54, 1.807) is 6.08 Å². The molecule has 0 aromatic carbocycles. The minimum atomic E-state index is -0.397. The lowest BCUT2D eigenvalue weighted by Gasteiger charge is -2.37. The highest BCUT2D eigenvalue weighted by atomic mass is 16.2. The van der Waals surface area contributed by atoms with Crippen LogP contribution in [0.3, 0.4) is 0 Å².